The molecule has 1 aliphatic heterocycles. The van der Waals surface area contributed by atoms with Gasteiger partial charge >= 0.3 is 0 Å². The summed E-state index contributed by atoms with van der Waals surface area (Å²) >= 11 is 0. The second-order valence-corrected chi connectivity index (χ2v) is 7.80. The van der Waals surface area contributed by atoms with Crippen LogP contribution in [-0.2, 0) is 11.3 Å². The minimum Gasteiger partial charge on any atom is -0.497 e. The number of aromatic nitrogens is 2. The van der Waals surface area contributed by atoms with Gasteiger partial charge in [-0.2, -0.15) is 0 Å². The van der Waals surface area contributed by atoms with E-state index in [1.807, 2.05) is 36.4 Å². The predicted molar refractivity (Wildman–Crippen MR) is 121 cm³/mol. The third kappa shape index (κ3) is 5.38. The summed E-state index contributed by atoms with van der Waals surface area (Å²) in [5, 5.41) is 3.24. The van der Waals surface area contributed by atoms with Gasteiger partial charge in [-0.25, -0.2) is 9.97 Å². The van der Waals surface area contributed by atoms with Crippen LogP contribution in [0.25, 0.3) is 11.1 Å². The first kappa shape index (κ1) is 20.8. The number of anilines is 2. The number of likely N-dealkylation sites (tertiary alicyclic amines) is 1. The van der Waals surface area contributed by atoms with E-state index in [1.54, 1.807) is 19.5 Å². The van der Waals surface area contributed by atoms with E-state index in [0.717, 1.165) is 55.0 Å². The Morgan fingerprint density at radius 2 is 1.68 bits per heavy atom. The first-order valence-electron chi connectivity index (χ1n) is 10.4. The van der Waals surface area contributed by atoms with Gasteiger partial charge in [-0.15, -0.1) is 0 Å². The highest BCUT2D eigenvalue weighted by Gasteiger charge is 2.22. The van der Waals surface area contributed by atoms with Crippen LogP contribution in [0, 0.1) is 5.92 Å². The van der Waals surface area contributed by atoms with Crippen molar-refractivity contribution in [2.24, 2.45) is 11.7 Å². The van der Waals surface area contributed by atoms with E-state index < -0.39 is 0 Å². The van der Waals surface area contributed by atoms with Gasteiger partial charge in [-0.3, -0.25) is 9.69 Å². The average molecular weight is 418 g/mol. The van der Waals surface area contributed by atoms with Crippen LogP contribution < -0.4 is 15.8 Å². The number of primary amides is 1. The lowest BCUT2D eigenvalue weighted by Gasteiger charge is -2.30. The van der Waals surface area contributed by atoms with E-state index in [-0.39, 0.29) is 11.8 Å². The smallest absolute Gasteiger partial charge is 0.227 e. The molecule has 4 rings (SSSR count). The van der Waals surface area contributed by atoms with Crippen LogP contribution in [0.1, 0.15) is 18.4 Å². The maximum atomic E-state index is 11.3. The zero-order valence-corrected chi connectivity index (χ0v) is 17.6. The fourth-order valence-corrected chi connectivity index (χ4v) is 3.78. The molecule has 0 saturated carbocycles. The van der Waals surface area contributed by atoms with E-state index in [2.05, 4.69) is 32.3 Å². The molecule has 0 atom stereocenters. The van der Waals surface area contributed by atoms with Gasteiger partial charge in [0.15, 0.2) is 0 Å². The molecule has 0 radical (unpaired) electrons. The quantitative estimate of drug-likeness (QED) is 0.610. The molecule has 1 fully saturated rings. The Labute approximate surface area is 182 Å². The van der Waals surface area contributed by atoms with Gasteiger partial charge < -0.3 is 15.8 Å². The normalized spacial score (nSPS) is 14.9. The van der Waals surface area contributed by atoms with Gasteiger partial charge in [-0.05, 0) is 61.3 Å². The predicted octanol–water partition coefficient (Wildman–Crippen LogP) is 3.59. The Morgan fingerprint density at radius 3 is 2.26 bits per heavy atom. The molecular formula is C24H27N5O2. The molecule has 1 aromatic heterocycles. The maximum Gasteiger partial charge on any atom is 0.227 e. The van der Waals surface area contributed by atoms with Crippen LogP contribution in [0.3, 0.4) is 0 Å². The van der Waals surface area contributed by atoms with Gasteiger partial charge in [0.05, 0.1) is 7.11 Å². The van der Waals surface area contributed by atoms with E-state index in [1.165, 1.54) is 5.56 Å². The number of hydrogen-bond donors (Lipinski definition) is 2. The Balaban J connectivity index is 1.32. The Bertz CT molecular complexity index is 996. The molecule has 7 heteroatoms. The van der Waals surface area contributed by atoms with Crippen LogP contribution in [0.2, 0.25) is 0 Å². The number of rotatable bonds is 7. The molecule has 160 valence electrons. The largest absolute Gasteiger partial charge is 0.497 e. The van der Waals surface area contributed by atoms with Crippen molar-refractivity contribution >= 4 is 17.5 Å². The van der Waals surface area contributed by atoms with Crippen LogP contribution in [0.15, 0.2) is 60.9 Å². The molecule has 1 aliphatic rings. The molecular weight excluding hydrogens is 390 g/mol. The van der Waals surface area contributed by atoms with Crippen molar-refractivity contribution in [2.75, 3.05) is 25.5 Å². The van der Waals surface area contributed by atoms with E-state index in [9.17, 15) is 4.79 Å². The monoisotopic (exact) mass is 417 g/mol. The highest BCUT2D eigenvalue weighted by Crippen LogP contribution is 2.23. The maximum absolute atomic E-state index is 11.3. The first-order chi connectivity index (χ1) is 15.1. The molecule has 0 unspecified atom stereocenters. The summed E-state index contributed by atoms with van der Waals surface area (Å²) in [4.78, 5) is 22.5. The fourth-order valence-electron chi connectivity index (χ4n) is 3.78. The fraction of sp³-hybridized carbons (Fsp3) is 0.292. The SMILES string of the molecule is COc1ccc(-c2cnc(Nc3ccc(CN4CCC(C(N)=O)CC4)cc3)nc2)cc1. The number of ether oxygens (including phenoxy) is 1. The number of nitrogens with zero attached hydrogens (tertiary/aromatic N) is 3. The van der Waals surface area contributed by atoms with Crippen LogP contribution in [0.4, 0.5) is 11.6 Å². The van der Waals surface area contributed by atoms with Gasteiger partial charge in [0.2, 0.25) is 11.9 Å². The molecule has 1 saturated heterocycles. The van der Waals surface area contributed by atoms with Crippen molar-refractivity contribution in [1.29, 1.82) is 0 Å². The van der Waals surface area contributed by atoms with Crippen molar-refractivity contribution < 1.29 is 9.53 Å². The number of methoxy groups -OCH3 is 1. The highest BCUT2D eigenvalue weighted by molar-refractivity contribution is 5.76. The van der Waals surface area contributed by atoms with Crippen molar-refractivity contribution in [3.05, 3.63) is 66.5 Å². The highest BCUT2D eigenvalue weighted by atomic mass is 16.5. The summed E-state index contributed by atoms with van der Waals surface area (Å²) in [6.07, 6.45) is 5.31. The molecule has 31 heavy (non-hydrogen) atoms. The van der Waals surface area contributed by atoms with Crippen LogP contribution >= 0.6 is 0 Å². The minimum atomic E-state index is -0.172. The minimum absolute atomic E-state index is 0.0268. The van der Waals surface area contributed by atoms with Crippen molar-refractivity contribution in [2.45, 2.75) is 19.4 Å². The molecule has 7 nitrogen and oxygen atoms in total. The lowest BCUT2D eigenvalue weighted by Crippen LogP contribution is -2.38. The average Bonchev–Trinajstić information content (AvgIpc) is 2.81. The number of piperidine rings is 1. The second kappa shape index (κ2) is 9.57. The van der Waals surface area contributed by atoms with Gasteiger partial charge in [0, 0.05) is 36.1 Å². The summed E-state index contributed by atoms with van der Waals surface area (Å²) in [6.45, 7) is 2.68. The second-order valence-electron chi connectivity index (χ2n) is 7.80. The number of benzene rings is 2. The zero-order valence-electron chi connectivity index (χ0n) is 17.6. The van der Waals surface area contributed by atoms with E-state index in [4.69, 9.17) is 10.5 Å². The number of hydrogen-bond acceptors (Lipinski definition) is 6. The molecule has 2 aromatic carbocycles. The van der Waals surface area contributed by atoms with E-state index in [0.29, 0.717) is 5.95 Å². The number of carbonyl (C=O) groups excluding carboxylic acids is 1. The van der Waals surface area contributed by atoms with Gasteiger partial charge in [0.25, 0.3) is 0 Å². The number of amides is 1. The van der Waals surface area contributed by atoms with Crippen LogP contribution in [0.5, 0.6) is 5.75 Å². The summed E-state index contributed by atoms with van der Waals surface area (Å²) < 4.78 is 5.19. The topological polar surface area (TPSA) is 93.4 Å². The van der Waals surface area contributed by atoms with Gasteiger partial charge in [0.1, 0.15) is 5.75 Å². The lowest BCUT2D eigenvalue weighted by molar-refractivity contribution is -0.123. The molecule has 0 spiro atoms. The summed E-state index contributed by atoms with van der Waals surface area (Å²) in [6, 6.07) is 16.1. The Hall–Kier alpha value is -3.45. The first-order valence-corrected chi connectivity index (χ1v) is 10.4. The third-order valence-electron chi connectivity index (χ3n) is 5.68. The zero-order chi connectivity index (χ0) is 21.6. The van der Waals surface area contributed by atoms with Crippen LogP contribution in [-0.4, -0.2) is 41.0 Å². The lowest BCUT2D eigenvalue weighted by atomic mass is 9.96. The molecule has 3 aromatic rings. The molecule has 2 heterocycles. The molecule has 0 bridgehead atoms. The molecule has 1 amide bonds. The van der Waals surface area contributed by atoms with Crippen molar-refractivity contribution in [1.82, 2.24) is 14.9 Å². The summed E-state index contributed by atoms with van der Waals surface area (Å²) in [7, 11) is 1.65. The number of nitrogens with two attached hydrogens (primary N) is 1. The summed E-state index contributed by atoms with van der Waals surface area (Å²) in [5.41, 5.74) is 9.57. The van der Waals surface area contributed by atoms with E-state index >= 15 is 0 Å². The molecule has 0 aliphatic carbocycles. The van der Waals surface area contributed by atoms with Crippen molar-refractivity contribution in [3.63, 3.8) is 0 Å². The number of carbonyl (C=O) groups is 1. The van der Waals surface area contributed by atoms with Gasteiger partial charge in [-0.1, -0.05) is 24.3 Å². The summed E-state index contributed by atoms with van der Waals surface area (Å²) in [5.74, 6) is 1.23. The van der Waals surface area contributed by atoms with Crippen molar-refractivity contribution in [3.8, 4) is 16.9 Å². The standard InChI is InChI=1S/C24H27N5O2/c1-31-22-8-4-18(5-9-22)20-14-26-24(27-15-20)28-21-6-2-17(3-7-21)16-29-12-10-19(11-13-29)23(25)30/h2-9,14-15,19H,10-13,16H2,1H3,(H2,25,30)(H,26,27,28). The number of nitrogens with one attached hydrogen (secondary N) is 1. The Kier molecular flexibility index (Phi) is 6.43. The Morgan fingerprint density at radius 1 is 1.03 bits per heavy atom. The third-order valence-corrected chi connectivity index (χ3v) is 5.68. The molecule has 3 N–H and O–H groups in total.